The second-order valence-electron chi connectivity index (χ2n) is 7.33. The predicted octanol–water partition coefficient (Wildman–Crippen LogP) is 3.40. The van der Waals surface area contributed by atoms with Gasteiger partial charge in [0.05, 0.1) is 20.0 Å². The summed E-state index contributed by atoms with van der Waals surface area (Å²) in [4.78, 5) is 30.3. The van der Waals surface area contributed by atoms with Gasteiger partial charge in [-0.05, 0) is 37.6 Å². The molecule has 0 N–H and O–H groups in total. The number of thioether (sulfide) groups is 1. The first kappa shape index (κ1) is 22.0. The van der Waals surface area contributed by atoms with Crippen LogP contribution >= 0.6 is 11.8 Å². The van der Waals surface area contributed by atoms with Gasteiger partial charge in [0, 0.05) is 42.7 Å². The fourth-order valence-electron chi connectivity index (χ4n) is 3.37. The van der Waals surface area contributed by atoms with Crippen LogP contribution in [-0.4, -0.2) is 67.8 Å². The molecular weight excluding hydrogens is 400 g/mol. The Morgan fingerprint density at radius 1 is 0.900 bits per heavy atom. The summed E-state index contributed by atoms with van der Waals surface area (Å²) in [5, 5.41) is 0. The number of hydrogen-bond donors (Lipinski definition) is 0. The third-order valence-corrected chi connectivity index (χ3v) is 6.35. The second kappa shape index (κ2) is 9.89. The molecule has 2 aromatic carbocycles. The van der Waals surface area contributed by atoms with E-state index >= 15 is 0 Å². The maximum Gasteiger partial charge on any atom is 0.254 e. The first-order valence-corrected chi connectivity index (χ1v) is 10.9. The number of piperazine rings is 1. The van der Waals surface area contributed by atoms with E-state index in [0.717, 1.165) is 4.90 Å². The van der Waals surface area contributed by atoms with E-state index in [4.69, 9.17) is 9.47 Å². The van der Waals surface area contributed by atoms with Crippen LogP contribution in [0.4, 0.5) is 0 Å². The fraction of sp³-hybridized carbons (Fsp3) is 0.391. The molecule has 0 bridgehead atoms. The standard InChI is InChI=1S/C23H28N2O4S/c1-16-5-6-17(2)21(11-16)30-15-22(26)24-7-9-25(10-8-24)23(27)18-12-19(28-3)14-20(13-18)29-4/h5-6,11-14H,7-10,15H2,1-4H3. The lowest BCUT2D eigenvalue weighted by atomic mass is 10.1. The van der Waals surface area contributed by atoms with E-state index in [9.17, 15) is 9.59 Å². The molecule has 0 radical (unpaired) electrons. The van der Waals surface area contributed by atoms with E-state index in [0.29, 0.717) is 49.0 Å². The van der Waals surface area contributed by atoms with Crippen molar-refractivity contribution in [2.24, 2.45) is 0 Å². The number of carbonyl (C=O) groups excluding carboxylic acids is 2. The van der Waals surface area contributed by atoms with Crippen molar-refractivity contribution in [2.75, 3.05) is 46.2 Å². The Balaban J connectivity index is 1.56. The smallest absolute Gasteiger partial charge is 0.254 e. The number of hydrogen-bond acceptors (Lipinski definition) is 5. The number of carbonyl (C=O) groups is 2. The van der Waals surface area contributed by atoms with Crippen LogP contribution in [0.25, 0.3) is 0 Å². The fourth-order valence-corrected chi connectivity index (χ4v) is 4.39. The summed E-state index contributed by atoms with van der Waals surface area (Å²) in [6, 6.07) is 11.4. The van der Waals surface area contributed by atoms with Crippen LogP contribution in [0.1, 0.15) is 21.5 Å². The van der Waals surface area contributed by atoms with Crippen molar-refractivity contribution >= 4 is 23.6 Å². The van der Waals surface area contributed by atoms with Crippen molar-refractivity contribution in [1.29, 1.82) is 0 Å². The Hall–Kier alpha value is -2.67. The summed E-state index contributed by atoms with van der Waals surface area (Å²) < 4.78 is 10.5. The zero-order valence-corrected chi connectivity index (χ0v) is 18.8. The van der Waals surface area contributed by atoms with Crippen LogP contribution in [0.3, 0.4) is 0 Å². The number of benzene rings is 2. The minimum absolute atomic E-state index is 0.0796. The normalized spacial score (nSPS) is 13.9. The van der Waals surface area contributed by atoms with E-state index < -0.39 is 0 Å². The summed E-state index contributed by atoms with van der Waals surface area (Å²) in [7, 11) is 3.12. The Bertz CT molecular complexity index is 901. The average Bonchev–Trinajstić information content (AvgIpc) is 2.78. The molecule has 2 amide bonds. The number of aryl methyl sites for hydroxylation is 2. The lowest BCUT2D eigenvalue weighted by Gasteiger charge is -2.35. The number of methoxy groups -OCH3 is 2. The minimum atomic E-state index is -0.0796. The van der Waals surface area contributed by atoms with Crippen molar-refractivity contribution in [2.45, 2.75) is 18.7 Å². The Morgan fingerprint density at radius 3 is 2.10 bits per heavy atom. The van der Waals surface area contributed by atoms with E-state index in [1.54, 1.807) is 49.1 Å². The molecule has 30 heavy (non-hydrogen) atoms. The van der Waals surface area contributed by atoms with Gasteiger partial charge in [0.15, 0.2) is 0 Å². The first-order chi connectivity index (χ1) is 14.4. The van der Waals surface area contributed by atoms with Crippen LogP contribution in [0.2, 0.25) is 0 Å². The number of nitrogens with zero attached hydrogens (tertiary/aromatic N) is 2. The molecule has 3 rings (SSSR count). The maximum atomic E-state index is 12.9. The van der Waals surface area contributed by atoms with Crippen molar-refractivity contribution in [3.8, 4) is 11.5 Å². The molecule has 2 aromatic rings. The summed E-state index contributed by atoms with van der Waals surface area (Å²) in [6.07, 6.45) is 0. The molecular formula is C23H28N2O4S. The highest BCUT2D eigenvalue weighted by Crippen LogP contribution is 2.25. The molecule has 1 aliphatic heterocycles. The zero-order chi connectivity index (χ0) is 21.7. The summed E-state index contributed by atoms with van der Waals surface area (Å²) in [5.41, 5.74) is 2.90. The van der Waals surface area contributed by atoms with E-state index in [1.165, 1.54) is 11.1 Å². The molecule has 1 heterocycles. The van der Waals surface area contributed by atoms with Crippen LogP contribution in [0.15, 0.2) is 41.3 Å². The quantitative estimate of drug-likeness (QED) is 0.660. The Labute approximate surface area is 182 Å². The van der Waals surface area contributed by atoms with Crippen molar-refractivity contribution in [1.82, 2.24) is 9.80 Å². The molecule has 1 saturated heterocycles. The lowest BCUT2D eigenvalue weighted by Crippen LogP contribution is -2.51. The van der Waals surface area contributed by atoms with Gasteiger partial charge in [-0.25, -0.2) is 0 Å². The van der Waals surface area contributed by atoms with E-state index in [-0.39, 0.29) is 11.8 Å². The molecule has 160 valence electrons. The number of rotatable bonds is 6. The molecule has 0 unspecified atom stereocenters. The Morgan fingerprint density at radius 2 is 1.50 bits per heavy atom. The van der Waals surface area contributed by atoms with Crippen LogP contribution in [0, 0.1) is 13.8 Å². The van der Waals surface area contributed by atoms with Gasteiger partial charge in [-0.15, -0.1) is 11.8 Å². The highest BCUT2D eigenvalue weighted by Gasteiger charge is 2.25. The number of ether oxygens (including phenoxy) is 2. The summed E-state index contributed by atoms with van der Waals surface area (Å²) in [6.45, 7) is 6.22. The average molecular weight is 429 g/mol. The van der Waals surface area contributed by atoms with Gasteiger partial charge in [0.25, 0.3) is 5.91 Å². The van der Waals surface area contributed by atoms with Crippen molar-refractivity contribution < 1.29 is 19.1 Å². The first-order valence-electron chi connectivity index (χ1n) is 9.91. The highest BCUT2D eigenvalue weighted by atomic mass is 32.2. The van der Waals surface area contributed by atoms with Crippen LogP contribution in [0.5, 0.6) is 11.5 Å². The molecule has 1 aliphatic rings. The molecule has 0 aromatic heterocycles. The van der Waals surface area contributed by atoms with Gasteiger partial charge < -0.3 is 19.3 Å². The number of amides is 2. The predicted molar refractivity (Wildman–Crippen MR) is 119 cm³/mol. The van der Waals surface area contributed by atoms with Gasteiger partial charge in [-0.2, -0.15) is 0 Å². The van der Waals surface area contributed by atoms with Gasteiger partial charge in [0.1, 0.15) is 11.5 Å². The van der Waals surface area contributed by atoms with E-state index in [1.807, 2.05) is 4.90 Å². The van der Waals surface area contributed by atoms with Gasteiger partial charge in [-0.1, -0.05) is 17.7 Å². The largest absolute Gasteiger partial charge is 0.497 e. The molecule has 7 heteroatoms. The van der Waals surface area contributed by atoms with Crippen LogP contribution in [-0.2, 0) is 4.79 Å². The second-order valence-corrected chi connectivity index (χ2v) is 8.35. The topological polar surface area (TPSA) is 59.1 Å². The summed E-state index contributed by atoms with van der Waals surface area (Å²) >= 11 is 1.58. The van der Waals surface area contributed by atoms with Gasteiger partial charge in [0.2, 0.25) is 5.91 Å². The third-order valence-electron chi connectivity index (χ3n) is 5.21. The molecule has 0 aliphatic carbocycles. The lowest BCUT2D eigenvalue weighted by molar-refractivity contribution is -0.129. The molecule has 0 saturated carbocycles. The van der Waals surface area contributed by atoms with E-state index in [2.05, 4.69) is 32.0 Å². The maximum absolute atomic E-state index is 12.9. The van der Waals surface area contributed by atoms with Gasteiger partial charge in [-0.3, -0.25) is 9.59 Å². The monoisotopic (exact) mass is 428 g/mol. The highest BCUT2D eigenvalue weighted by molar-refractivity contribution is 8.00. The van der Waals surface area contributed by atoms with Crippen molar-refractivity contribution in [3.05, 3.63) is 53.1 Å². The van der Waals surface area contributed by atoms with Crippen LogP contribution < -0.4 is 9.47 Å². The molecule has 0 atom stereocenters. The summed E-state index contributed by atoms with van der Waals surface area (Å²) in [5.74, 6) is 1.59. The minimum Gasteiger partial charge on any atom is -0.497 e. The van der Waals surface area contributed by atoms with Crippen molar-refractivity contribution in [3.63, 3.8) is 0 Å². The van der Waals surface area contributed by atoms with Gasteiger partial charge >= 0.3 is 0 Å². The zero-order valence-electron chi connectivity index (χ0n) is 17.9. The SMILES string of the molecule is COc1cc(OC)cc(C(=O)N2CCN(C(=O)CSc3cc(C)ccc3C)CC2)c1. The molecule has 0 spiro atoms. The third kappa shape index (κ3) is 5.27. The Kier molecular flexibility index (Phi) is 7.26. The molecule has 6 nitrogen and oxygen atoms in total. The molecule has 1 fully saturated rings.